The lowest BCUT2D eigenvalue weighted by Gasteiger charge is -2.15. The number of pyridine rings is 1. The third kappa shape index (κ3) is 9.73. The Balaban J connectivity index is 0.00000450. The van der Waals surface area contributed by atoms with Gasteiger partial charge in [-0.15, -0.1) is 24.0 Å². The van der Waals surface area contributed by atoms with Crippen LogP contribution in [0.15, 0.2) is 53.7 Å². The van der Waals surface area contributed by atoms with Crippen LogP contribution < -0.4 is 15.4 Å². The topological polar surface area (TPSA) is 77.0 Å². The zero-order valence-electron chi connectivity index (χ0n) is 18.0. The summed E-state index contributed by atoms with van der Waals surface area (Å²) >= 11 is 0. The Kier molecular flexibility index (Phi) is 13.8. The first-order valence-corrected chi connectivity index (χ1v) is 9.91. The van der Waals surface area contributed by atoms with Crippen molar-refractivity contribution in [2.75, 3.05) is 40.5 Å². The average molecular weight is 528 g/mol. The van der Waals surface area contributed by atoms with E-state index in [4.69, 9.17) is 14.2 Å². The van der Waals surface area contributed by atoms with Crippen LogP contribution in [0.5, 0.6) is 5.88 Å². The van der Waals surface area contributed by atoms with Crippen LogP contribution in [-0.4, -0.2) is 51.5 Å². The third-order valence-electron chi connectivity index (χ3n) is 4.30. The molecule has 1 aromatic heterocycles. The van der Waals surface area contributed by atoms with E-state index in [-0.39, 0.29) is 30.1 Å². The molecule has 0 fully saturated rings. The number of methoxy groups -OCH3 is 1. The quantitative estimate of drug-likeness (QED) is 0.190. The number of benzene rings is 1. The molecule has 0 spiro atoms. The molecule has 0 bridgehead atoms. The van der Waals surface area contributed by atoms with E-state index >= 15 is 0 Å². The molecule has 2 rings (SSSR count). The van der Waals surface area contributed by atoms with Crippen molar-refractivity contribution in [1.82, 2.24) is 15.6 Å². The van der Waals surface area contributed by atoms with Gasteiger partial charge < -0.3 is 24.8 Å². The number of guanidine groups is 1. The summed E-state index contributed by atoms with van der Waals surface area (Å²) in [4.78, 5) is 8.55. The molecule has 30 heavy (non-hydrogen) atoms. The van der Waals surface area contributed by atoms with E-state index in [1.807, 2.05) is 30.3 Å². The van der Waals surface area contributed by atoms with Gasteiger partial charge in [0.1, 0.15) is 6.61 Å². The lowest BCUT2D eigenvalue weighted by molar-refractivity contribution is 0.0646. The van der Waals surface area contributed by atoms with Crippen LogP contribution in [0.3, 0.4) is 0 Å². The van der Waals surface area contributed by atoms with Gasteiger partial charge in [0, 0.05) is 45.6 Å². The summed E-state index contributed by atoms with van der Waals surface area (Å²) in [5.41, 5.74) is 2.16. The Labute approximate surface area is 196 Å². The number of nitrogens with zero attached hydrogens (tertiary/aromatic N) is 2. The molecule has 0 aliphatic rings. The van der Waals surface area contributed by atoms with Gasteiger partial charge in [-0.3, -0.25) is 4.99 Å². The number of rotatable bonds is 12. The number of hydrogen-bond acceptors (Lipinski definition) is 5. The van der Waals surface area contributed by atoms with Gasteiger partial charge in [-0.25, -0.2) is 4.98 Å². The minimum absolute atomic E-state index is 0. The van der Waals surface area contributed by atoms with Crippen LogP contribution in [0.2, 0.25) is 0 Å². The van der Waals surface area contributed by atoms with Crippen LogP contribution in [0.1, 0.15) is 30.6 Å². The number of ether oxygens (including phenoxy) is 3. The fourth-order valence-corrected chi connectivity index (χ4v) is 2.67. The molecule has 0 amide bonds. The lowest BCUT2D eigenvalue weighted by atomic mass is 10.1. The van der Waals surface area contributed by atoms with Gasteiger partial charge in [0.05, 0.1) is 12.7 Å². The second kappa shape index (κ2) is 15.9. The Hall–Kier alpha value is -1.91. The zero-order chi connectivity index (χ0) is 20.7. The molecule has 0 saturated heterocycles. The molecule has 1 aromatic carbocycles. The Bertz CT molecular complexity index is 731. The predicted octanol–water partition coefficient (Wildman–Crippen LogP) is 3.56. The van der Waals surface area contributed by atoms with Crippen molar-refractivity contribution in [2.24, 2.45) is 4.99 Å². The van der Waals surface area contributed by atoms with Gasteiger partial charge in [-0.1, -0.05) is 36.4 Å². The van der Waals surface area contributed by atoms with Crippen LogP contribution >= 0.6 is 24.0 Å². The Morgan fingerprint density at radius 2 is 1.87 bits per heavy atom. The molecule has 0 radical (unpaired) electrons. The molecule has 0 aliphatic carbocycles. The molecule has 1 unspecified atom stereocenters. The van der Waals surface area contributed by atoms with Crippen molar-refractivity contribution in [1.29, 1.82) is 0 Å². The van der Waals surface area contributed by atoms with Crippen LogP contribution in [-0.2, 0) is 16.0 Å². The van der Waals surface area contributed by atoms with Crippen molar-refractivity contribution in [3.05, 3.63) is 59.8 Å². The van der Waals surface area contributed by atoms with Gasteiger partial charge in [-0.05, 0) is 25.0 Å². The van der Waals surface area contributed by atoms with Gasteiger partial charge in [0.25, 0.3) is 0 Å². The van der Waals surface area contributed by atoms with E-state index in [2.05, 4.69) is 39.7 Å². The summed E-state index contributed by atoms with van der Waals surface area (Å²) in [6, 6.07) is 14.1. The molecule has 2 aromatic rings. The maximum absolute atomic E-state index is 5.90. The molecular weight excluding hydrogens is 495 g/mol. The molecule has 7 nitrogen and oxygen atoms in total. The van der Waals surface area contributed by atoms with E-state index in [1.165, 1.54) is 5.56 Å². The molecule has 166 valence electrons. The predicted molar refractivity (Wildman–Crippen MR) is 131 cm³/mol. The third-order valence-corrected chi connectivity index (χ3v) is 4.30. The zero-order valence-corrected chi connectivity index (χ0v) is 20.3. The second-order valence-electron chi connectivity index (χ2n) is 6.44. The summed E-state index contributed by atoms with van der Waals surface area (Å²) in [6.07, 6.45) is 2.70. The maximum atomic E-state index is 5.90. The smallest absolute Gasteiger partial charge is 0.218 e. The maximum Gasteiger partial charge on any atom is 0.218 e. The van der Waals surface area contributed by atoms with Gasteiger partial charge in [-0.2, -0.15) is 0 Å². The number of nitrogens with one attached hydrogen (secondary N) is 2. The van der Waals surface area contributed by atoms with Gasteiger partial charge in [0.15, 0.2) is 5.96 Å². The van der Waals surface area contributed by atoms with E-state index < -0.39 is 0 Å². The summed E-state index contributed by atoms with van der Waals surface area (Å²) in [5, 5.41) is 6.59. The van der Waals surface area contributed by atoms with Crippen LogP contribution in [0.4, 0.5) is 0 Å². The van der Waals surface area contributed by atoms with Gasteiger partial charge >= 0.3 is 0 Å². The lowest BCUT2D eigenvalue weighted by Crippen LogP contribution is -2.37. The van der Waals surface area contributed by atoms with Crippen molar-refractivity contribution < 1.29 is 14.2 Å². The summed E-state index contributed by atoms with van der Waals surface area (Å²) in [6.45, 7) is 5.08. The summed E-state index contributed by atoms with van der Waals surface area (Å²) < 4.78 is 16.6. The SMILES string of the molecule is CN=C(NCCCOC(C)c1ccccc1)NCc1cccnc1OCCOC.I. The highest BCUT2D eigenvalue weighted by Gasteiger charge is 2.07. The first-order chi connectivity index (χ1) is 14.2. The van der Waals surface area contributed by atoms with Crippen molar-refractivity contribution in [2.45, 2.75) is 26.0 Å². The Morgan fingerprint density at radius 3 is 2.60 bits per heavy atom. The molecule has 1 heterocycles. The largest absolute Gasteiger partial charge is 0.475 e. The monoisotopic (exact) mass is 528 g/mol. The minimum atomic E-state index is 0. The summed E-state index contributed by atoms with van der Waals surface area (Å²) in [5.74, 6) is 1.34. The molecule has 2 N–H and O–H groups in total. The van der Waals surface area contributed by atoms with Crippen molar-refractivity contribution in [3.8, 4) is 5.88 Å². The molecule has 0 saturated carbocycles. The molecule has 0 aliphatic heterocycles. The fraction of sp³-hybridized carbons (Fsp3) is 0.455. The number of hydrogen-bond donors (Lipinski definition) is 2. The highest BCUT2D eigenvalue weighted by molar-refractivity contribution is 14.0. The first kappa shape index (κ1) is 26.1. The van der Waals surface area contributed by atoms with Crippen molar-refractivity contribution in [3.63, 3.8) is 0 Å². The van der Waals surface area contributed by atoms with Crippen molar-refractivity contribution >= 4 is 29.9 Å². The standard InChI is InChI=1S/C22H32N4O3.HI/c1-18(19-9-5-4-6-10-19)28-14-8-13-25-22(23-2)26-17-20-11-7-12-24-21(20)29-16-15-27-3;/h4-7,9-12,18H,8,13-17H2,1-3H3,(H2,23,25,26);1H. The van der Waals surface area contributed by atoms with E-state index in [0.29, 0.717) is 32.2 Å². The van der Waals surface area contributed by atoms with E-state index in [9.17, 15) is 0 Å². The number of aliphatic imine (C=N–C) groups is 1. The average Bonchev–Trinajstić information content (AvgIpc) is 2.77. The molecule has 1 atom stereocenters. The normalized spacial score (nSPS) is 12.0. The molecule has 8 heteroatoms. The molecular formula is C22H33IN4O3. The highest BCUT2D eigenvalue weighted by Crippen LogP contribution is 2.16. The first-order valence-electron chi connectivity index (χ1n) is 9.91. The fourth-order valence-electron chi connectivity index (χ4n) is 2.67. The van der Waals surface area contributed by atoms with Gasteiger partial charge in [0.2, 0.25) is 5.88 Å². The second-order valence-corrected chi connectivity index (χ2v) is 6.44. The summed E-state index contributed by atoms with van der Waals surface area (Å²) in [7, 11) is 3.40. The number of halogens is 1. The highest BCUT2D eigenvalue weighted by atomic mass is 127. The minimum Gasteiger partial charge on any atom is -0.475 e. The number of aromatic nitrogens is 1. The Morgan fingerprint density at radius 1 is 1.07 bits per heavy atom. The van der Waals surface area contributed by atoms with Crippen LogP contribution in [0, 0.1) is 0 Å². The van der Waals surface area contributed by atoms with E-state index in [1.54, 1.807) is 20.4 Å². The van der Waals surface area contributed by atoms with Crippen LogP contribution in [0.25, 0.3) is 0 Å². The van der Waals surface area contributed by atoms with E-state index in [0.717, 1.165) is 24.5 Å².